The first-order chi connectivity index (χ1) is 10.1. The summed E-state index contributed by atoms with van der Waals surface area (Å²) in [7, 11) is 0. The third kappa shape index (κ3) is 4.36. The van der Waals surface area contributed by atoms with Gasteiger partial charge in [0.1, 0.15) is 0 Å². The maximum absolute atomic E-state index is 12.2. The van der Waals surface area contributed by atoms with Crippen LogP contribution >= 0.6 is 11.8 Å². The van der Waals surface area contributed by atoms with Crippen LogP contribution in [0.25, 0.3) is 0 Å². The number of hydrogen-bond donors (Lipinski definition) is 2. The molecule has 0 aliphatic carbocycles. The predicted molar refractivity (Wildman–Crippen MR) is 85.5 cm³/mol. The molecule has 0 saturated carbocycles. The van der Waals surface area contributed by atoms with E-state index < -0.39 is 0 Å². The van der Waals surface area contributed by atoms with Crippen molar-refractivity contribution in [2.75, 3.05) is 11.1 Å². The monoisotopic (exact) mass is 300 g/mol. The van der Waals surface area contributed by atoms with Crippen molar-refractivity contribution < 1.29 is 9.59 Å². The van der Waals surface area contributed by atoms with Gasteiger partial charge in [-0.2, -0.15) is 0 Å². The van der Waals surface area contributed by atoms with Crippen LogP contribution in [0.4, 0.5) is 5.69 Å². The largest absolute Gasteiger partial charge is 0.369 e. The number of thioether (sulfide) groups is 1. The Kier molecular flexibility index (Phi) is 5.00. The van der Waals surface area contributed by atoms with Crippen LogP contribution in [0.15, 0.2) is 53.4 Å². The SMILES string of the molecule is Cc1ccc(C(=O)Nc2ccccc2SCC(N)=O)cc1. The van der Waals surface area contributed by atoms with E-state index >= 15 is 0 Å². The van der Waals surface area contributed by atoms with Gasteiger partial charge in [-0.05, 0) is 31.2 Å². The number of primary amides is 1. The van der Waals surface area contributed by atoms with Crippen LogP contribution in [0.5, 0.6) is 0 Å². The molecule has 0 radical (unpaired) electrons. The first-order valence-electron chi connectivity index (χ1n) is 6.44. The first kappa shape index (κ1) is 15.1. The van der Waals surface area contributed by atoms with E-state index in [0.717, 1.165) is 10.5 Å². The van der Waals surface area contributed by atoms with E-state index in [0.29, 0.717) is 11.3 Å². The van der Waals surface area contributed by atoms with Crippen LogP contribution in [0.1, 0.15) is 15.9 Å². The molecule has 0 aliphatic heterocycles. The summed E-state index contributed by atoms with van der Waals surface area (Å²) in [6.45, 7) is 1.97. The molecule has 2 rings (SSSR count). The number of rotatable bonds is 5. The van der Waals surface area contributed by atoms with Crippen LogP contribution in [-0.2, 0) is 4.79 Å². The van der Waals surface area contributed by atoms with Gasteiger partial charge in [-0.1, -0.05) is 29.8 Å². The number of anilines is 1. The number of carbonyl (C=O) groups excluding carboxylic acids is 2. The molecule has 0 fully saturated rings. The summed E-state index contributed by atoms with van der Waals surface area (Å²) in [5.74, 6) is -0.390. The van der Waals surface area contributed by atoms with Crippen molar-refractivity contribution in [1.29, 1.82) is 0 Å². The van der Waals surface area contributed by atoms with Gasteiger partial charge in [0.2, 0.25) is 5.91 Å². The van der Waals surface area contributed by atoms with E-state index in [1.54, 1.807) is 18.2 Å². The normalized spacial score (nSPS) is 10.1. The highest BCUT2D eigenvalue weighted by atomic mass is 32.2. The number of nitrogens with two attached hydrogens (primary N) is 1. The van der Waals surface area contributed by atoms with Gasteiger partial charge in [0.25, 0.3) is 5.91 Å². The van der Waals surface area contributed by atoms with Crippen LogP contribution in [-0.4, -0.2) is 17.6 Å². The number of aryl methyl sites for hydroxylation is 1. The number of carbonyl (C=O) groups is 2. The minimum atomic E-state index is -0.389. The van der Waals surface area contributed by atoms with Crippen molar-refractivity contribution in [2.24, 2.45) is 5.73 Å². The fraction of sp³-hybridized carbons (Fsp3) is 0.125. The lowest BCUT2D eigenvalue weighted by molar-refractivity contribution is -0.115. The molecule has 0 aliphatic rings. The average Bonchev–Trinajstić information content (AvgIpc) is 2.47. The summed E-state index contributed by atoms with van der Waals surface area (Å²) < 4.78 is 0. The summed E-state index contributed by atoms with van der Waals surface area (Å²) in [5.41, 5.74) is 7.52. The van der Waals surface area contributed by atoms with Crippen LogP contribution in [0.2, 0.25) is 0 Å². The second-order valence-electron chi connectivity index (χ2n) is 4.57. The van der Waals surface area contributed by atoms with Crippen LogP contribution < -0.4 is 11.1 Å². The third-order valence-corrected chi connectivity index (χ3v) is 3.91. The van der Waals surface area contributed by atoms with Gasteiger partial charge in [-0.25, -0.2) is 0 Å². The Hall–Kier alpha value is -2.27. The summed E-state index contributed by atoms with van der Waals surface area (Å²) in [6, 6.07) is 14.7. The zero-order valence-corrected chi connectivity index (χ0v) is 12.4. The van der Waals surface area contributed by atoms with Crippen LogP contribution in [0, 0.1) is 6.92 Å². The molecule has 0 bridgehead atoms. The van der Waals surface area contributed by atoms with E-state index in [4.69, 9.17) is 5.73 Å². The number of amides is 2. The topological polar surface area (TPSA) is 72.2 Å². The van der Waals surface area contributed by atoms with E-state index in [1.807, 2.05) is 37.3 Å². The van der Waals surface area contributed by atoms with Gasteiger partial charge in [0.15, 0.2) is 0 Å². The summed E-state index contributed by atoms with van der Waals surface area (Å²) in [5, 5.41) is 2.86. The van der Waals surface area contributed by atoms with Gasteiger partial charge >= 0.3 is 0 Å². The molecule has 2 aromatic carbocycles. The molecule has 0 saturated heterocycles. The maximum atomic E-state index is 12.2. The Bertz CT molecular complexity index is 654. The van der Waals surface area contributed by atoms with Crippen molar-refractivity contribution >= 4 is 29.3 Å². The molecule has 108 valence electrons. The Morgan fingerprint density at radius 3 is 2.43 bits per heavy atom. The van der Waals surface area contributed by atoms with Crippen molar-refractivity contribution in [1.82, 2.24) is 0 Å². The lowest BCUT2D eigenvalue weighted by Crippen LogP contribution is -2.14. The van der Waals surface area contributed by atoms with Gasteiger partial charge in [0.05, 0.1) is 11.4 Å². The van der Waals surface area contributed by atoms with Crippen molar-refractivity contribution in [3.8, 4) is 0 Å². The summed E-state index contributed by atoms with van der Waals surface area (Å²) in [4.78, 5) is 23.9. The zero-order valence-electron chi connectivity index (χ0n) is 11.6. The van der Waals surface area contributed by atoms with Crippen LogP contribution in [0.3, 0.4) is 0 Å². The molecule has 3 N–H and O–H groups in total. The highest BCUT2D eigenvalue weighted by Gasteiger charge is 2.09. The first-order valence-corrected chi connectivity index (χ1v) is 7.43. The minimum absolute atomic E-state index is 0.178. The van der Waals surface area contributed by atoms with Gasteiger partial charge < -0.3 is 11.1 Å². The Labute approximate surface area is 127 Å². The van der Waals surface area contributed by atoms with Crippen molar-refractivity contribution in [2.45, 2.75) is 11.8 Å². The summed E-state index contributed by atoms with van der Waals surface area (Å²) >= 11 is 1.31. The maximum Gasteiger partial charge on any atom is 0.255 e. The number of nitrogens with one attached hydrogen (secondary N) is 1. The molecule has 21 heavy (non-hydrogen) atoms. The Morgan fingerprint density at radius 1 is 1.10 bits per heavy atom. The van der Waals surface area contributed by atoms with E-state index in [1.165, 1.54) is 11.8 Å². The standard InChI is InChI=1S/C16H16N2O2S/c1-11-6-8-12(9-7-11)16(20)18-13-4-2-3-5-14(13)21-10-15(17)19/h2-9H,10H2,1H3,(H2,17,19)(H,18,20). The van der Waals surface area contributed by atoms with Gasteiger partial charge in [-0.15, -0.1) is 11.8 Å². The van der Waals surface area contributed by atoms with Gasteiger partial charge in [0, 0.05) is 10.5 Å². The Morgan fingerprint density at radius 2 is 1.76 bits per heavy atom. The van der Waals surface area contributed by atoms with Crippen molar-refractivity contribution in [3.63, 3.8) is 0 Å². The average molecular weight is 300 g/mol. The molecule has 0 unspecified atom stereocenters. The fourth-order valence-electron chi connectivity index (χ4n) is 1.74. The quantitative estimate of drug-likeness (QED) is 0.834. The summed E-state index contributed by atoms with van der Waals surface area (Å²) in [6.07, 6.45) is 0. The highest BCUT2D eigenvalue weighted by Crippen LogP contribution is 2.27. The molecule has 5 heteroatoms. The number of hydrogen-bond acceptors (Lipinski definition) is 3. The molecule has 4 nitrogen and oxygen atoms in total. The number of benzene rings is 2. The fourth-order valence-corrected chi connectivity index (χ4v) is 2.49. The molecule has 2 amide bonds. The minimum Gasteiger partial charge on any atom is -0.369 e. The Balaban J connectivity index is 2.13. The molecule has 0 atom stereocenters. The van der Waals surface area contributed by atoms with Gasteiger partial charge in [-0.3, -0.25) is 9.59 Å². The molecular formula is C16H16N2O2S. The smallest absolute Gasteiger partial charge is 0.255 e. The lowest BCUT2D eigenvalue weighted by atomic mass is 10.1. The highest BCUT2D eigenvalue weighted by molar-refractivity contribution is 8.00. The zero-order chi connectivity index (χ0) is 15.2. The molecule has 2 aromatic rings. The second-order valence-corrected chi connectivity index (χ2v) is 5.59. The molecule has 0 aromatic heterocycles. The van der Waals surface area contributed by atoms with E-state index in [2.05, 4.69) is 5.32 Å². The third-order valence-electron chi connectivity index (χ3n) is 2.82. The lowest BCUT2D eigenvalue weighted by Gasteiger charge is -2.10. The second kappa shape index (κ2) is 6.95. The molecule has 0 spiro atoms. The number of para-hydroxylation sites is 1. The molecule has 0 heterocycles. The predicted octanol–water partition coefficient (Wildman–Crippen LogP) is 2.82. The van der Waals surface area contributed by atoms with E-state index in [-0.39, 0.29) is 17.6 Å². The van der Waals surface area contributed by atoms with E-state index in [9.17, 15) is 9.59 Å². The molecular weight excluding hydrogens is 284 g/mol. The van der Waals surface area contributed by atoms with Crippen molar-refractivity contribution in [3.05, 3.63) is 59.7 Å².